The van der Waals surface area contributed by atoms with Crippen LogP contribution in [-0.4, -0.2) is 41.2 Å². The predicted molar refractivity (Wildman–Crippen MR) is 106 cm³/mol. The number of rotatable bonds is 6. The first-order valence-electron chi connectivity index (χ1n) is 9.10. The number of aromatic nitrogens is 2. The molecule has 154 valence electrons. The molecule has 29 heavy (non-hydrogen) atoms. The highest BCUT2D eigenvalue weighted by molar-refractivity contribution is 6.05. The minimum atomic E-state index is -0.717. The molecule has 3 N–H and O–H groups in total. The Morgan fingerprint density at radius 2 is 2.10 bits per heavy atom. The lowest BCUT2D eigenvalue weighted by molar-refractivity contribution is -0.114. The number of H-pyrrole nitrogens is 1. The molecule has 1 unspecified atom stereocenters. The van der Waals surface area contributed by atoms with E-state index in [9.17, 15) is 19.2 Å². The number of nitrogens with one attached hydrogen (secondary N) is 3. The third-order valence-corrected chi connectivity index (χ3v) is 4.48. The van der Waals surface area contributed by atoms with Crippen LogP contribution in [0.2, 0.25) is 0 Å². The summed E-state index contributed by atoms with van der Waals surface area (Å²) in [5.74, 6) is -0.646. The zero-order chi connectivity index (χ0) is 21.0. The van der Waals surface area contributed by atoms with Crippen LogP contribution >= 0.6 is 0 Å². The average molecular weight is 402 g/mol. The topological polar surface area (TPSA) is 132 Å². The maximum Gasteiger partial charge on any atom is 0.328 e. The number of aromatic amines is 1. The highest BCUT2D eigenvalue weighted by Gasteiger charge is 2.21. The van der Waals surface area contributed by atoms with Gasteiger partial charge in [-0.2, -0.15) is 0 Å². The van der Waals surface area contributed by atoms with Crippen molar-refractivity contribution in [2.24, 2.45) is 0 Å². The molecule has 2 aromatic rings. The molecule has 1 aromatic carbocycles. The van der Waals surface area contributed by atoms with Crippen LogP contribution in [0.1, 0.15) is 30.1 Å². The van der Waals surface area contributed by atoms with E-state index < -0.39 is 17.2 Å². The lowest BCUT2D eigenvalue weighted by Crippen LogP contribution is -2.41. The van der Waals surface area contributed by atoms with Crippen molar-refractivity contribution in [3.8, 4) is 5.75 Å². The quantitative estimate of drug-likeness (QED) is 0.659. The Morgan fingerprint density at radius 3 is 2.76 bits per heavy atom. The van der Waals surface area contributed by atoms with Gasteiger partial charge in [-0.25, -0.2) is 4.79 Å². The maximum atomic E-state index is 12.7. The van der Waals surface area contributed by atoms with E-state index in [1.165, 1.54) is 20.1 Å². The summed E-state index contributed by atoms with van der Waals surface area (Å²) in [6, 6.07) is 4.70. The highest BCUT2D eigenvalue weighted by Crippen LogP contribution is 2.28. The number of carbonyl (C=O) groups is 2. The molecule has 1 saturated heterocycles. The van der Waals surface area contributed by atoms with E-state index >= 15 is 0 Å². The number of benzene rings is 1. The van der Waals surface area contributed by atoms with Crippen LogP contribution in [0.4, 0.5) is 11.4 Å². The van der Waals surface area contributed by atoms with Gasteiger partial charge in [-0.15, -0.1) is 0 Å². The van der Waals surface area contributed by atoms with Crippen LogP contribution in [0, 0.1) is 0 Å². The first-order chi connectivity index (χ1) is 13.9. The van der Waals surface area contributed by atoms with Gasteiger partial charge in [0, 0.05) is 25.4 Å². The van der Waals surface area contributed by atoms with E-state index in [1.54, 1.807) is 12.1 Å². The van der Waals surface area contributed by atoms with Crippen molar-refractivity contribution < 1.29 is 19.1 Å². The number of hydrogen-bond donors (Lipinski definition) is 3. The first kappa shape index (κ1) is 20.3. The summed E-state index contributed by atoms with van der Waals surface area (Å²) in [5, 5.41) is 5.20. The van der Waals surface area contributed by atoms with Crippen LogP contribution in [0.25, 0.3) is 0 Å². The molecule has 1 aliphatic heterocycles. The Labute approximate surface area is 165 Å². The van der Waals surface area contributed by atoms with Crippen molar-refractivity contribution in [3.63, 3.8) is 0 Å². The molecule has 0 aliphatic carbocycles. The number of nitrogens with zero attached hydrogens (tertiary/aromatic N) is 1. The van der Waals surface area contributed by atoms with Gasteiger partial charge < -0.3 is 25.1 Å². The summed E-state index contributed by atoms with van der Waals surface area (Å²) >= 11 is 0. The molecule has 1 fully saturated rings. The third kappa shape index (κ3) is 4.72. The highest BCUT2D eigenvalue weighted by atomic mass is 16.5. The molecule has 3 rings (SSSR count). The SMILES string of the molecule is COc1ccc(NC(C)=O)cc1NC(=O)c1c[nH]c(=O)n(CC2CCCO2)c1=O. The standard InChI is InChI=1S/C19H22N4O6/c1-11(24)21-12-5-6-16(28-2)15(8-12)22-17(25)14-9-20-19(27)23(18(14)26)10-13-4-3-7-29-13/h5-6,8-9,13H,3-4,7,10H2,1-2H3,(H,20,27)(H,21,24)(H,22,25). The molecule has 10 nitrogen and oxygen atoms in total. The maximum absolute atomic E-state index is 12.7. The minimum Gasteiger partial charge on any atom is -0.495 e. The fourth-order valence-electron chi connectivity index (χ4n) is 3.11. The molecule has 1 aliphatic rings. The Kier molecular flexibility index (Phi) is 6.13. The van der Waals surface area contributed by atoms with Gasteiger partial charge >= 0.3 is 5.69 Å². The van der Waals surface area contributed by atoms with Crippen LogP contribution in [-0.2, 0) is 16.1 Å². The second kappa shape index (κ2) is 8.74. The smallest absolute Gasteiger partial charge is 0.328 e. The Morgan fingerprint density at radius 1 is 1.31 bits per heavy atom. The zero-order valence-corrected chi connectivity index (χ0v) is 16.1. The van der Waals surface area contributed by atoms with E-state index in [1.807, 2.05) is 0 Å². The lowest BCUT2D eigenvalue weighted by Gasteiger charge is -2.14. The second-order valence-corrected chi connectivity index (χ2v) is 6.61. The molecule has 10 heteroatoms. The number of hydrogen-bond acceptors (Lipinski definition) is 6. The number of amides is 2. The molecule has 2 amide bonds. The Balaban J connectivity index is 1.88. The van der Waals surface area contributed by atoms with Crippen molar-refractivity contribution in [2.45, 2.75) is 32.4 Å². The van der Waals surface area contributed by atoms with E-state index in [4.69, 9.17) is 9.47 Å². The van der Waals surface area contributed by atoms with Gasteiger partial charge in [-0.3, -0.25) is 19.0 Å². The molecule has 0 spiro atoms. The fourth-order valence-corrected chi connectivity index (χ4v) is 3.11. The molecule has 0 radical (unpaired) electrons. The minimum absolute atomic E-state index is 0.0800. The molecule has 1 aromatic heterocycles. The first-order valence-corrected chi connectivity index (χ1v) is 9.10. The molecular weight excluding hydrogens is 380 g/mol. The van der Waals surface area contributed by atoms with Crippen molar-refractivity contribution in [1.29, 1.82) is 0 Å². The van der Waals surface area contributed by atoms with Gasteiger partial charge in [-0.1, -0.05) is 0 Å². The summed E-state index contributed by atoms with van der Waals surface area (Å²) < 4.78 is 11.7. The molecule has 0 saturated carbocycles. The zero-order valence-electron chi connectivity index (χ0n) is 16.1. The third-order valence-electron chi connectivity index (χ3n) is 4.48. The van der Waals surface area contributed by atoms with Crippen molar-refractivity contribution in [2.75, 3.05) is 24.4 Å². The molecule has 0 bridgehead atoms. The molecular formula is C19H22N4O6. The van der Waals surface area contributed by atoms with Gasteiger partial charge in [0.1, 0.15) is 11.3 Å². The molecule has 1 atom stereocenters. The van der Waals surface area contributed by atoms with E-state index in [0.717, 1.165) is 23.6 Å². The van der Waals surface area contributed by atoms with Crippen LogP contribution in [0.5, 0.6) is 5.75 Å². The largest absolute Gasteiger partial charge is 0.495 e. The Bertz CT molecular complexity index is 1040. The van der Waals surface area contributed by atoms with Gasteiger partial charge in [-0.05, 0) is 31.0 Å². The predicted octanol–water partition coefficient (Wildman–Crippen LogP) is 0.935. The van der Waals surface area contributed by atoms with Gasteiger partial charge in [0.25, 0.3) is 11.5 Å². The van der Waals surface area contributed by atoms with Crippen LogP contribution < -0.4 is 26.6 Å². The average Bonchev–Trinajstić information content (AvgIpc) is 3.18. The number of methoxy groups -OCH3 is 1. The monoisotopic (exact) mass is 402 g/mol. The lowest BCUT2D eigenvalue weighted by atomic mass is 10.2. The summed E-state index contributed by atoms with van der Waals surface area (Å²) in [7, 11) is 1.43. The Hall–Kier alpha value is -3.40. The summed E-state index contributed by atoms with van der Waals surface area (Å²) in [4.78, 5) is 51.2. The molecule has 2 heterocycles. The van der Waals surface area contributed by atoms with E-state index in [2.05, 4.69) is 15.6 Å². The fraction of sp³-hybridized carbons (Fsp3) is 0.368. The van der Waals surface area contributed by atoms with Crippen molar-refractivity contribution in [1.82, 2.24) is 9.55 Å². The second-order valence-electron chi connectivity index (χ2n) is 6.61. The van der Waals surface area contributed by atoms with Crippen molar-refractivity contribution in [3.05, 3.63) is 50.8 Å². The number of ether oxygens (including phenoxy) is 2. The number of carbonyl (C=O) groups excluding carboxylic acids is 2. The van der Waals surface area contributed by atoms with E-state index in [0.29, 0.717) is 18.0 Å². The van der Waals surface area contributed by atoms with Crippen LogP contribution in [0.3, 0.4) is 0 Å². The number of anilines is 2. The van der Waals surface area contributed by atoms with Gasteiger partial charge in [0.2, 0.25) is 5.91 Å². The van der Waals surface area contributed by atoms with E-state index in [-0.39, 0.29) is 29.8 Å². The summed E-state index contributed by atoms with van der Waals surface area (Å²) in [6.45, 7) is 2.03. The normalized spacial score (nSPS) is 15.7. The van der Waals surface area contributed by atoms with Gasteiger partial charge in [0.15, 0.2) is 0 Å². The van der Waals surface area contributed by atoms with Gasteiger partial charge in [0.05, 0.1) is 25.4 Å². The van der Waals surface area contributed by atoms with Crippen LogP contribution in [0.15, 0.2) is 34.0 Å². The summed E-state index contributed by atoms with van der Waals surface area (Å²) in [5.41, 5.74) is -0.827. The van der Waals surface area contributed by atoms with Crippen molar-refractivity contribution >= 4 is 23.2 Å². The summed E-state index contributed by atoms with van der Waals surface area (Å²) in [6.07, 6.45) is 2.45.